The van der Waals surface area contributed by atoms with E-state index in [1.165, 1.54) is 15.8 Å². The number of aromatic nitrogens is 2. The van der Waals surface area contributed by atoms with Crippen LogP contribution in [0.25, 0.3) is 10.2 Å². The number of benzene rings is 1. The molecule has 0 fully saturated rings. The van der Waals surface area contributed by atoms with Crippen LogP contribution in [0.4, 0.5) is 0 Å². The number of carbonyl (C=O) groups is 1. The Balaban J connectivity index is 1.57. The van der Waals surface area contributed by atoms with E-state index >= 15 is 0 Å². The molecule has 0 radical (unpaired) electrons. The van der Waals surface area contributed by atoms with Crippen LogP contribution in [0.2, 0.25) is 5.02 Å². The highest BCUT2D eigenvalue weighted by atomic mass is 35.5. The zero-order valence-corrected chi connectivity index (χ0v) is 17.5. The molecule has 1 aliphatic rings. The first kappa shape index (κ1) is 19.2. The maximum absolute atomic E-state index is 13.0. The van der Waals surface area contributed by atoms with Gasteiger partial charge in [-0.05, 0) is 48.4 Å². The van der Waals surface area contributed by atoms with E-state index < -0.39 is 0 Å². The standard InChI is InChI=1S/C21H22ClN3O2S/c1-13-6-7-16-17(8-13)28-20-19(16)21(27)25(12-23-20)11-18(26)24(2)10-14-4-3-5-15(22)9-14/h3-5,9,12-13H,6-8,10-11H2,1-2H3/t13-/m0/s1. The fourth-order valence-corrected chi connectivity index (χ4v) is 5.30. The largest absolute Gasteiger partial charge is 0.340 e. The fourth-order valence-electron chi connectivity index (χ4n) is 3.74. The highest BCUT2D eigenvalue weighted by molar-refractivity contribution is 7.18. The summed E-state index contributed by atoms with van der Waals surface area (Å²) in [6.45, 7) is 2.67. The van der Waals surface area contributed by atoms with Gasteiger partial charge >= 0.3 is 0 Å². The number of amides is 1. The molecule has 0 saturated carbocycles. The van der Waals surface area contributed by atoms with Crippen LogP contribution < -0.4 is 5.56 Å². The molecule has 0 spiro atoms. The Labute approximate surface area is 172 Å². The normalized spacial score (nSPS) is 16.2. The lowest BCUT2D eigenvalue weighted by molar-refractivity contribution is -0.131. The van der Waals surface area contributed by atoms with Gasteiger partial charge in [-0.1, -0.05) is 30.7 Å². The predicted molar refractivity (Wildman–Crippen MR) is 113 cm³/mol. The number of rotatable bonds is 4. The maximum atomic E-state index is 13.0. The van der Waals surface area contributed by atoms with E-state index in [1.807, 2.05) is 18.2 Å². The average Bonchev–Trinajstić information content (AvgIpc) is 3.02. The van der Waals surface area contributed by atoms with E-state index in [2.05, 4.69) is 11.9 Å². The van der Waals surface area contributed by atoms with Crippen molar-refractivity contribution in [2.75, 3.05) is 7.05 Å². The second kappa shape index (κ2) is 7.68. The van der Waals surface area contributed by atoms with Crippen molar-refractivity contribution >= 4 is 39.1 Å². The number of hydrogen-bond acceptors (Lipinski definition) is 4. The molecule has 0 saturated heterocycles. The van der Waals surface area contributed by atoms with Gasteiger partial charge in [-0.2, -0.15) is 0 Å². The second-order valence-electron chi connectivity index (χ2n) is 7.59. The van der Waals surface area contributed by atoms with E-state index in [4.69, 9.17) is 11.6 Å². The second-order valence-corrected chi connectivity index (χ2v) is 9.11. The molecule has 4 rings (SSSR count). The molecule has 2 aromatic heterocycles. The van der Waals surface area contributed by atoms with Gasteiger partial charge in [-0.3, -0.25) is 14.2 Å². The summed E-state index contributed by atoms with van der Waals surface area (Å²) in [6.07, 6.45) is 4.52. The summed E-state index contributed by atoms with van der Waals surface area (Å²) in [5, 5.41) is 1.35. The number of aryl methyl sites for hydroxylation is 1. The monoisotopic (exact) mass is 415 g/mol. The molecule has 0 aliphatic heterocycles. The number of carbonyl (C=O) groups excluding carboxylic acids is 1. The average molecular weight is 416 g/mol. The molecular weight excluding hydrogens is 394 g/mol. The molecule has 2 heterocycles. The summed E-state index contributed by atoms with van der Waals surface area (Å²) < 4.78 is 1.43. The first-order valence-electron chi connectivity index (χ1n) is 9.40. The Bertz CT molecular complexity index is 1100. The zero-order valence-electron chi connectivity index (χ0n) is 15.9. The minimum Gasteiger partial charge on any atom is -0.340 e. The van der Waals surface area contributed by atoms with Gasteiger partial charge in [0.1, 0.15) is 11.4 Å². The van der Waals surface area contributed by atoms with Crippen molar-refractivity contribution in [1.29, 1.82) is 0 Å². The minimum atomic E-state index is -0.138. The molecule has 0 unspecified atom stereocenters. The summed E-state index contributed by atoms with van der Waals surface area (Å²) in [5.74, 6) is 0.505. The summed E-state index contributed by atoms with van der Waals surface area (Å²) in [5.41, 5.74) is 1.98. The Hall–Kier alpha value is -2.18. The highest BCUT2D eigenvalue weighted by Gasteiger charge is 2.23. The number of thiophene rings is 1. The lowest BCUT2D eigenvalue weighted by Crippen LogP contribution is -2.33. The van der Waals surface area contributed by atoms with Crippen LogP contribution in [0, 0.1) is 5.92 Å². The van der Waals surface area contributed by atoms with E-state index in [9.17, 15) is 9.59 Å². The van der Waals surface area contributed by atoms with Gasteiger partial charge in [0.05, 0.1) is 11.7 Å². The Kier molecular flexibility index (Phi) is 5.25. The number of likely N-dealkylation sites (N-methyl/N-ethyl adjacent to an activating group) is 1. The van der Waals surface area contributed by atoms with Crippen LogP contribution in [0.5, 0.6) is 0 Å². The third-order valence-electron chi connectivity index (χ3n) is 5.32. The molecular formula is C21H22ClN3O2S. The molecule has 5 nitrogen and oxygen atoms in total. The molecule has 28 heavy (non-hydrogen) atoms. The third-order valence-corrected chi connectivity index (χ3v) is 6.72. The quantitative estimate of drug-likeness (QED) is 0.649. The Morgan fingerprint density at radius 3 is 3.04 bits per heavy atom. The van der Waals surface area contributed by atoms with Gasteiger partial charge in [0.2, 0.25) is 5.91 Å². The van der Waals surface area contributed by atoms with E-state index in [0.717, 1.165) is 35.2 Å². The first-order chi connectivity index (χ1) is 13.4. The topological polar surface area (TPSA) is 55.2 Å². The van der Waals surface area contributed by atoms with Gasteiger partial charge in [-0.25, -0.2) is 4.98 Å². The SMILES string of the molecule is C[C@H]1CCc2c(sc3ncn(CC(=O)N(C)Cc4cccc(Cl)c4)c(=O)c23)C1. The fraction of sp³-hybridized carbons (Fsp3) is 0.381. The Morgan fingerprint density at radius 1 is 1.43 bits per heavy atom. The third kappa shape index (κ3) is 3.71. The van der Waals surface area contributed by atoms with Crippen molar-refractivity contribution < 1.29 is 4.79 Å². The van der Waals surface area contributed by atoms with Gasteiger partial charge in [0, 0.05) is 23.5 Å². The van der Waals surface area contributed by atoms with Crippen molar-refractivity contribution in [3.8, 4) is 0 Å². The molecule has 1 aliphatic carbocycles. The van der Waals surface area contributed by atoms with Crippen LogP contribution in [-0.4, -0.2) is 27.4 Å². The zero-order chi connectivity index (χ0) is 19.8. The summed E-state index contributed by atoms with van der Waals surface area (Å²) in [4.78, 5) is 33.9. The number of nitrogens with zero attached hydrogens (tertiary/aromatic N) is 3. The molecule has 3 aromatic rings. The highest BCUT2D eigenvalue weighted by Crippen LogP contribution is 2.35. The molecule has 7 heteroatoms. The van der Waals surface area contributed by atoms with Crippen molar-refractivity contribution in [1.82, 2.24) is 14.5 Å². The molecule has 1 aromatic carbocycles. The van der Waals surface area contributed by atoms with Crippen molar-refractivity contribution in [3.05, 3.63) is 62.0 Å². The van der Waals surface area contributed by atoms with Crippen LogP contribution >= 0.6 is 22.9 Å². The van der Waals surface area contributed by atoms with Gasteiger partial charge in [-0.15, -0.1) is 11.3 Å². The van der Waals surface area contributed by atoms with Gasteiger partial charge in [0.15, 0.2) is 0 Å². The molecule has 0 bridgehead atoms. The maximum Gasteiger partial charge on any atom is 0.262 e. The molecule has 1 atom stereocenters. The van der Waals surface area contributed by atoms with Crippen LogP contribution in [0.3, 0.4) is 0 Å². The summed E-state index contributed by atoms with van der Waals surface area (Å²) >= 11 is 7.64. The molecule has 1 amide bonds. The van der Waals surface area contributed by atoms with Crippen LogP contribution in [0.1, 0.15) is 29.3 Å². The lowest BCUT2D eigenvalue weighted by Gasteiger charge is -2.18. The van der Waals surface area contributed by atoms with Gasteiger partial charge < -0.3 is 4.90 Å². The first-order valence-corrected chi connectivity index (χ1v) is 10.6. The Morgan fingerprint density at radius 2 is 2.25 bits per heavy atom. The summed E-state index contributed by atoms with van der Waals surface area (Å²) in [6, 6.07) is 7.42. The number of fused-ring (bicyclic) bond motifs is 3. The lowest BCUT2D eigenvalue weighted by atomic mass is 9.89. The van der Waals surface area contributed by atoms with Crippen molar-refractivity contribution in [2.45, 2.75) is 39.3 Å². The van der Waals surface area contributed by atoms with Crippen LogP contribution in [-0.2, 0) is 30.7 Å². The predicted octanol–water partition coefficient (Wildman–Crippen LogP) is 3.89. The van der Waals surface area contributed by atoms with Gasteiger partial charge in [0.25, 0.3) is 5.56 Å². The summed E-state index contributed by atoms with van der Waals surface area (Å²) in [7, 11) is 1.73. The van der Waals surface area contributed by atoms with E-state index in [0.29, 0.717) is 22.9 Å². The molecule has 0 N–H and O–H groups in total. The van der Waals surface area contributed by atoms with Crippen LogP contribution in [0.15, 0.2) is 35.4 Å². The number of halogens is 1. The minimum absolute atomic E-state index is 0.0140. The smallest absolute Gasteiger partial charge is 0.262 e. The van der Waals surface area contributed by atoms with E-state index in [-0.39, 0.29) is 18.0 Å². The van der Waals surface area contributed by atoms with Crippen molar-refractivity contribution in [2.24, 2.45) is 5.92 Å². The number of hydrogen-bond donors (Lipinski definition) is 0. The van der Waals surface area contributed by atoms with Crippen molar-refractivity contribution in [3.63, 3.8) is 0 Å². The van der Waals surface area contributed by atoms with E-state index in [1.54, 1.807) is 29.4 Å². The molecule has 146 valence electrons.